The first-order chi connectivity index (χ1) is 13.8. The first-order valence-corrected chi connectivity index (χ1v) is 11.4. The molecule has 0 bridgehead atoms. The lowest BCUT2D eigenvalue weighted by Gasteiger charge is -2.14. The molecule has 0 fully saturated rings. The highest BCUT2D eigenvalue weighted by atomic mass is 32.2. The van der Waals surface area contributed by atoms with E-state index in [-0.39, 0.29) is 16.1 Å². The van der Waals surface area contributed by atoms with Gasteiger partial charge in [0.2, 0.25) is 5.91 Å². The quantitative estimate of drug-likeness (QED) is 0.526. The van der Waals surface area contributed by atoms with E-state index >= 15 is 0 Å². The topological polar surface area (TPSA) is 75.3 Å². The van der Waals surface area contributed by atoms with Crippen LogP contribution in [0.25, 0.3) is 0 Å². The van der Waals surface area contributed by atoms with Crippen molar-refractivity contribution in [1.29, 1.82) is 0 Å². The Bertz CT molecular complexity index is 1080. The van der Waals surface area contributed by atoms with Gasteiger partial charge in [0, 0.05) is 16.3 Å². The number of sulfonamides is 1. The van der Waals surface area contributed by atoms with Crippen molar-refractivity contribution in [2.24, 2.45) is 0 Å². The lowest BCUT2D eigenvalue weighted by atomic mass is 10.2. The Kier molecular flexibility index (Phi) is 6.61. The Morgan fingerprint density at radius 2 is 1.52 bits per heavy atom. The highest BCUT2D eigenvalue weighted by Gasteiger charge is 2.16. The van der Waals surface area contributed by atoms with E-state index < -0.39 is 10.0 Å². The maximum absolute atomic E-state index is 12.5. The highest BCUT2D eigenvalue weighted by molar-refractivity contribution is 8.00. The maximum Gasteiger partial charge on any atom is 0.261 e. The standard InChI is InChI=1S/C22H22N2O3S2/c1-16-8-6-7-11-21(16)23-22(25)17(2)28-19-14-12-18(13-15-19)24-29(26,27)20-9-4-3-5-10-20/h3-15,17,24H,1-2H3,(H,23,25). The van der Waals surface area contributed by atoms with Crippen LogP contribution in [0.5, 0.6) is 0 Å². The predicted octanol–water partition coefficient (Wildman–Crippen LogP) is 4.92. The van der Waals surface area contributed by atoms with Crippen molar-refractivity contribution in [3.63, 3.8) is 0 Å². The lowest BCUT2D eigenvalue weighted by molar-refractivity contribution is -0.115. The third kappa shape index (κ3) is 5.62. The van der Waals surface area contributed by atoms with Crippen LogP contribution in [0.1, 0.15) is 12.5 Å². The Balaban J connectivity index is 1.61. The number of rotatable bonds is 7. The van der Waals surface area contributed by atoms with Crippen LogP contribution in [0.2, 0.25) is 0 Å². The van der Waals surface area contributed by atoms with Gasteiger partial charge in [0.25, 0.3) is 10.0 Å². The molecule has 3 aromatic rings. The zero-order chi connectivity index (χ0) is 20.9. The minimum atomic E-state index is -3.62. The molecule has 3 aromatic carbocycles. The Morgan fingerprint density at radius 1 is 0.897 bits per heavy atom. The molecule has 0 aliphatic carbocycles. The zero-order valence-corrected chi connectivity index (χ0v) is 17.8. The molecule has 0 radical (unpaired) electrons. The molecule has 1 atom stereocenters. The Labute approximate surface area is 175 Å². The van der Waals surface area contributed by atoms with E-state index in [0.29, 0.717) is 5.69 Å². The largest absolute Gasteiger partial charge is 0.325 e. The molecule has 3 rings (SSSR count). The molecule has 5 nitrogen and oxygen atoms in total. The second kappa shape index (κ2) is 9.15. The minimum Gasteiger partial charge on any atom is -0.325 e. The summed E-state index contributed by atoms with van der Waals surface area (Å²) in [7, 11) is -3.62. The number of para-hydroxylation sites is 1. The third-order valence-corrected chi connectivity index (χ3v) is 6.75. The summed E-state index contributed by atoms with van der Waals surface area (Å²) >= 11 is 1.41. The molecular formula is C22H22N2O3S2. The Morgan fingerprint density at radius 3 is 2.17 bits per heavy atom. The smallest absolute Gasteiger partial charge is 0.261 e. The fourth-order valence-corrected chi connectivity index (χ4v) is 4.57. The lowest BCUT2D eigenvalue weighted by Crippen LogP contribution is -2.22. The van der Waals surface area contributed by atoms with Gasteiger partial charge in [-0.3, -0.25) is 9.52 Å². The molecule has 7 heteroatoms. The van der Waals surface area contributed by atoms with Crippen LogP contribution < -0.4 is 10.0 Å². The number of hydrogen-bond acceptors (Lipinski definition) is 4. The molecule has 29 heavy (non-hydrogen) atoms. The number of amides is 1. The van der Waals surface area contributed by atoms with Gasteiger partial charge in [0.05, 0.1) is 10.1 Å². The first-order valence-electron chi connectivity index (χ1n) is 9.06. The van der Waals surface area contributed by atoms with Crippen molar-refractivity contribution in [3.05, 3.63) is 84.4 Å². The van der Waals surface area contributed by atoms with Crippen LogP contribution >= 0.6 is 11.8 Å². The number of aryl methyl sites for hydroxylation is 1. The van der Waals surface area contributed by atoms with E-state index in [2.05, 4.69) is 10.0 Å². The van der Waals surface area contributed by atoms with E-state index in [1.165, 1.54) is 11.8 Å². The number of benzene rings is 3. The first kappa shape index (κ1) is 21.0. The molecular weight excluding hydrogens is 404 g/mol. The molecule has 0 aromatic heterocycles. The van der Waals surface area contributed by atoms with Crippen molar-refractivity contribution in [2.45, 2.75) is 28.9 Å². The van der Waals surface area contributed by atoms with Gasteiger partial charge in [-0.1, -0.05) is 36.4 Å². The van der Waals surface area contributed by atoms with Gasteiger partial charge < -0.3 is 5.32 Å². The molecule has 1 unspecified atom stereocenters. The van der Waals surface area contributed by atoms with Crippen LogP contribution in [0.3, 0.4) is 0 Å². The molecule has 0 saturated heterocycles. The van der Waals surface area contributed by atoms with Crippen LogP contribution in [-0.4, -0.2) is 19.6 Å². The summed E-state index contributed by atoms with van der Waals surface area (Å²) in [5.74, 6) is -0.0850. The van der Waals surface area contributed by atoms with E-state index in [1.54, 1.807) is 54.6 Å². The van der Waals surface area contributed by atoms with Crippen LogP contribution in [0.15, 0.2) is 88.7 Å². The summed E-state index contributed by atoms with van der Waals surface area (Å²) in [5, 5.41) is 2.64. The van der Waals surface area contributed by atoms with Gasteiger partial charge in [-0.2, -0.15) is 0 Å². The molecule has 0 aliphatic heterocycles. The summed E-state index contributed by atoms with van der Waals surface area (Å²) in [5.41, 5.74) is 2.28. The van der Waals surface area contributed by atoms with Gasteiger partial charge in [0.15, 0.2) is 0 Å². The Hall–Kier alpha value is -2.77. The number of nitrogens with one attached hydrogen (secondary N) is 2. The van der Waals surface area contributed by atoms with Crippen LogP contribution in [0, 0.1) is 6.92 Å². The number of carbonyl (C=O) groups excluding carboxylic acids is 1. The second-order valence-corrected chi connectivity index (χ2v) is 9.60. The fourth-order valence-electron chi connectivity index (χ4n) is 2.62. The third-order valence-electron chi connectivity index (χ3n) is 4.25. The maximum atomic E-state index is 12.5. The second-order valence-electron chi connectivity index (χ2n) is 6.51. The van der Waals surface area contributed by atoms with Gasteiger partial charge >= 0.3 is 0 Å². The predicted molar refractivity (Wildman–Crippen MR) is 119 cm³/mol. The molecule has 0 saturated carbocycles. The van der Waals surface area contributed by atoms with Crippen molar-refractivity contribution in [2.75, 3.05) is 10.0 Å². The van der Waals surface area contributed by atoms with E-state index in [4.69, 9.17) is 0 Å². The number of carbonyl (C=O) groups is 1. The zero-order valence-electron chi connectivity index (χ0n) is 16.1. The van der Waals surface area contributed by atoms with Gasteiger partial charge in [0.1, 0.15) is 0 Å². The monoisotopic (exact) mass is 426 g/mol. The van der Waals surface area contributed by atoms with Gasteiger partial charge in [-0.15, -0.1) is 11.8 Å². The molecule has 0 heterocycles. The normalized spacial score (nSPS) is 12.2. The summed E-state index contributed by atoms with van der Waals surface area (Å²) in [6.07, 6.45) is 0. The summed E-state index contributed by atoms with van der Waals surface area (Å²) < 4.78 is 27.3. The van der Waals surface area contributed by atoms with Crippen molar-refractivity contribution >= 4 is 39.1 Å². The van der Waals surface area contributed by atoms with Crippen molar-refractivity contribution < 1.29 is 13.2 Å². The molecule has 0 aliphatic rings. The SMILES string of the molecule is Cc1ccccc1NC(=O)C(C)Sc1ccc(NS(=O)(=O)c2ccccc2)cc1. The highest BCUT2D eigenvalue weighted by Crippen LogP contribution is 2.27. The van der Waals surface area contributed by atoms with E-state index in [9.17, 15) is 13.2 Å². The number of thioether (sulfide) groups is 1. The van der Waals surface area contributed by atoms with E-state index in [1.807, 2.05) is 38.1 Å². The molecule has 0 spiro atoms. The van der Waals surface area contributed by atoms with Crippen LogP contribution in [0.4, 0.5) is 11.4 Å². The fraction of sp³-hybridized carbons (Fsp3) is 0.136. The number of anilines is 2. The van der Waals surface area contributed by atoms with Gasteiger partial charge in [-0.25, -0.2) is 8.42 Å². The average molecular weight is 427 g/mol. The number of hydrogen-bond donors (Lipinski definition) is 2. The molecule has 2 N–H and O–H groups in total. The van der Waals surface area contributed by atoms with Crippen molar-refractivity contribution in [1.82, 2.24) is 0 Å². The van der Waals surface area contributed by atoms with E-state index in [0.717, 1.165) is 16.1 Å². The minimum absolute atomic E-state index is 0.0850. The summed E-state index contributed by atoms with van der Waals surface area (Å²) in [4.78, 5) is 13.5. The molecule has 150 valence electrons. The van der Waals surface area contributed by atoms with Crippen molar-refractivity contribution in [3.8, 4) is 0 Å². The summed E-state index contributed by atoms with van der Waals surface area (Å²) in [6.45, 7) is 3.78. The summed E-state index contributed by atoms with van der Waals surface area (Å²) in [6, 6.07) is 22.8. The molecule has 1 amide bonds. The van der Waals surface area contributed by atoms with Crippen LogP contribution in [-0.2, 0) is 14.8 Å². The average Bonchev–Trinajstić information content (AvgIpc) is 2.71. The van der Waals surface area contributed by atoms with Gasteiger partial charge in [-0.05, 0) is 61.9 Å².